The van der Waals surface area contributed by atoms with E-state index in [0.717, 1.165) is 31.2 Å². The molecular weight excluding hydrogens is 297 g/mol. The quantitative estimate of drug-likeness (QED) is 0.880. The van der Waals surface area contributed by atoms with Gasteiger partial charge in [0, 0.05) is 6.54 Å². The molecule has 1 spiro atoms. The molecule has 1 aliphatic carbocycles. The van der Waals surface area contributed by atoms with E-state index in [1.165, 1.54) is 12.1 Å². The number of hydrogen-bond acceptors (Lipinski definition) is 2. The number of hydrogen-bond donors (Lipinski definition) is 2. The van der Waals surface area contributed by atoms with E-state index in [4.69, 9.17) is 0 Å². The summed E-state index contributed by atoms with van der Waals surface area (Å²) in [4.78, 5) is 11.3. The molecule has 1 heterocycles. The zero-order valence-corrected chi connectivity index (χ0v) is 11.9. The number of nitrogens with one attached hydrogen (secondary N) is 2. The van der Waals surface area contributed by atoms with Crippen molar-refractivity contribution in [1.82, 2.24) is 10.6 Å². The molecule has 2 aliphatic rings. The molecule has 0 atom stereocenters. The van der Waals surface area contributed by atoms with Gasteiger partial charge in [0.1, 0.15) is 5.75 Å². The van der Waals surface area contributed by atoms with Crippen molar-refractivity contribution >= 4 is 6.03 Å². The zero-order chi connectivity index (χ0) is 15.8. The first-order chi connectivity index (χ1) is 10.4. The third-order valence-corrected chi connectivity index (χ3v) is 4.47. The molecule has 120 valence electrons. The van der Waals surface area contributed by atoms with Crippen LogP contribution in [-0.2, 0) is 0 Å². The van der Waals surface area contributed by atoms with Crippen LogP contribution in [0.4, 0.5) is 18.0 Å². The second kappa shape index (κ2) is 5.37. The van der Waals surface area contributed by atoms with Gasteiger partial charge in [0.05, 0.1) is 5.54 Å². The Morgan fingerprint density at radius 1 is 1.23 bits per heavy atom. The van der Waals surface area contributed by atoms with E-state index in [2.05, 4.69) is 15.4 Å². The van der Waals surface area contributed by atoms with Crippen LogP contribution in [-0.4, -0.2) is 24.5 Å². The molecule has 1 saturated heterocycles. The third-order valence-electron chi connectivity index (χ3n) is 4.47. The van der Waals surface area contributed by atoms with Crippen molar-refractivity contribution in [2.45, 2.75) is 43.5 Å². The minimum Gasteiger partial charge on any atom is -0.406 e. The van der Waals surface area contributed by atoms with Gasteiger partial charge < -0.3 is 15.4 Å². The summed E-state index contributed by atoms with van der Waals surface area (Å²) < 4.78 is 40.8. The number of amides is 2. The van der Waals surface area contributed by atoms with E-state index >= 15 is 0 Å². The molecule has 1 aliphatic heterocycles. The van der Waals surface area contributed by atoms with E-state index in [9.17, 15) is 18.0 Å². The molecule has 0 bridgehead atoms. The molecule has 1 aromatic rings. The van der Waals surface area contributed by atoms with E-state index < -0.39 is 6.36 Å². The Hall–Kier alpha value is -1.92. The number of rotatable bonds is 2. The minimum atomic E-state index is -4.67. The van der Waals surface area contributed by atoms with Crippen LogP contribution in [0.15, 0.2) is 24.3 Å². The molecule has 4 nitrogen and oxygen atoms in total. The van der Waals surface area contributed by atoms with Gasteiger partial charge in [-0.15, -0.1) is 13.2 Å². The van der Waals surface area contributed by atoms with Gasteiger partial charge in [-0.2, -0.15) is 0 Å². The normalized spacial score (nSPS) is 28.3. The second-order valence-corrected chi connectivity index (χ2v) is 5.98. The van der Waals surface area contributed by atoms with Crippen molar-refractivity contribution in [3.8, 4) is 5.75 Å². The standard InChI is InChI=1S/C15H17F3N2O2/c16-15(17,18)22-12-3-1-2-11(8-12)10-4-6-14(7-5-10)9-19-13(21)20-14/h1-3,8,10H,4-7,9H2,(H2,19,20,21). The predicted octanol–water partition coefficient (Wildman–Crippen LogP) is 3.29. The highest BCUT2D eigenvalue weighted by Crippen LogP contribution is 2.39. The summed E-state index contributed by atoms with van der Waals surface area (Å²) in [6, 6.07) is 6.04. The summed E-state index contributed by atoms with van der Waals surface area (Å²) in [5.41, 5.74) is 0.669. The Labute approximate surface area is 126 Å². The minimum absolute atomic E-state index is 0.140. The highest BCUT2D eigenvalue weighted by Gasteiger charge is 2.41. The van der Waals surface area contributed by atoms with Crippen LogP contribution in [0.1, 0.15) is 37.2 Å². The maximum absolute atomic E-state index is 12.3. The molecule has 2 amide bonds. The van der Waals surface area contributed by atoms with Gasteiger partial charge in [-0.05, 0) is 49.3 Å². The molecule has 3 rings (SSSR count). The van der Waals surface area contributed by atoms with Gasteiger partial charge in [-0.3, -0.25) is 0 Å². The first-order valence-electron chi connectivity index (χ1n) is 7.27. The lowest BCUT2D eigenvalue weighted by atomic mass is 9.74. The van der Waals surface area contributed by atoms with Crippen LogP contribution < -0.4 is 15.4 Å². The number of carbonyl (C=O) groups is 1. The Bertz CT molecular complexity index is 566. The highest BCUT2D eigenvalue weighted by molar-refractivity contribution is 5.77. The van der Waals surface area contributed by atoms with E-state index in [1.54, 1.807) is 6.07 Å². The van der Waals surface area contributed by atoms with Gasteiger partial charge in [0.25, 0.3) is 0 Å². The fourth-order valence-electron chi connectivity index (χ4n) is 3.35. The number of alkyl halides is 3. The van der Waals surface area contributed by atoms with Crippen LogP contribution in [0.3, 0.4) is 0 Å². The van der Waals surface area contributed by atoms with Crippen LogP contribution >= 0.6 is 0 Å². The average Bonchev–Trinajstić information content (AvgIpc) is 2.79. The number of urea groups is 1. The Morgan fingerprint density at radius 3 is 2.55 bits per heavy atom. The zero-order valence-electron chi connectivity index (χ0n) is 11.9. The lowest BCUT2D eigenvalue weighted by molar-refractivity contribution is -0.274. The molecule has 22 heavy (non-hydrogen) atoms. The first kappa shape index (κ1) is 15.0. The molecule has 2 fully saturated rings. The number of halogens is 3. The first-order valence-corrected chi connectivity index (χ1v) is 7.27. The summed E-state index contributed by atoms with van der Waals surface area (Å²) in [5, 5.41) is 5.73. The maximum atomic E-state index is 12.3. The van der Waals surface area contributed by atoms with E-state index in [0.29, 0.717) is 6.54 Å². The Balaban J connectivity index is 1.66. The fraction of sp³-hybridized carbons (Fsp3) is 0.533. The molecule has 1 aromatic carbocycles. The van der Waals surface area contributed by atoms with Gasteiger partial charge >= 0.3 is 12.4 Å². The Kier molecular flexibility index (Phi) is 3.66. The van der Waals surface area contributed by atoms with Crippen molar-refractivity contribution in [1.29, 1.82) is 0 Å². The number of benzene rings is 1. The molecule has 7 heteroatoms. The summed E-state index contributed by atoms with van der Waals surface area (Å²) >= 11 is 0. The van der Waals surface area contributed by atoms with Crippen molar-refractivity contribution < 1.29 is 22.7 Å². The summed E-state index contributed by atoms with van der Waals surface area (Å²) in [5.74, 6) is 0.0148. The van der Waals surface area contributed by atoms with Gasteiger partial charge in [-0.25, -0.2) is 4.79 Å². The summed E-state index contributed by atoms with van der Waals surface area (Å²) in [6.07, 6.45) is -1.37. The van der Waals surface area contributed by atoms with Crippen molar-refractivity contribution in [2.75, 3.05) is 6.54 Å². The molecule has 2 N–H and O–H groups in total. The lowest BCUT2D eigenvalue weighted by Gasteiger charge is -2.36. The molecule has 1 saturated carbocycles. The molecule has 0 radical (unpaired) electrons. The smallest absolute Gasteiger partial charge is 0.406 e. The lowest BCUT2D eigenvalue weighted by Crippen LogP contribution is -2.46. The number of ether oxygens (including phenoxy) is 1. The largest absolute Gasteiger partial charge is 0.573 e. The molecule has 0 aromatic heterocycles. The molecular formula is C15H17F3N2O2. The average molecular weight is 314 g/mol. The van der Waals surface area contributed by atoms with Gasteiger partial charge in [0.2, 0.25) is 0 Å². The van der Waals surface area contributed by atoms with Crippen LogP contribution in [0.25, 0.3) is 0 Å². The fourth-order valence-corrected chi connectivity index (χ4v) is 3.35. The molecule has 0 unspecified atom stereocenters. The van der Waals surface area contributed by atoms with Crippen LogP contribution in [0.2, 0.25) is 0 Å². The summed E-state index contributed by atoms with van der Waals surface area (Å²) in [6.45, 7) is 0.621. The maximum Gasteiger partial charge on any atom is 0.573 e. The monoisotopic (exact) mass is 314 g/mol. The van der Waals surface area contributed by atoms with Crippen LogP contribution in [0.5, 0.6) is 5.75 Å². The SMILES string of the molecule is O=C1NCC2(CCC(c3cccc(OC(F)(F)F)c3)CC2)N1. The summed E-state index contributed by atoms with van der Waals surface area (Å²) in [7, 11) is 0. The van der Waals surface area contributed by atoms with Crippen molar-refractivity contribution in [2.24, 2.45) is 0 Å². The second-order valence-electron chi connectivity index (χ2n) is 5.98. The topological polar surface area (TPSA) is 50.4 Å². The van der Waals surface area contributed by atoms with Crippen molar-refractivity contribution in [3.05, 3.63) is 29.8 Å². The van der Waals surface area contributed by atoms with E-state index in [1.807, 2.05) is 6.07 Å². The Morgan fingerprint density at radius 2 is 1.95 bits per heavy atom. The van der Waals surface area contributed by atoms with Gasteiger partial charge in [-0.1, -0.05) is 12.1 Å². The predicted molar refractivity (Wildman–Crippen MR) is 73.6 cm³/mol. The number of carbonyl (C=O) groups excluding carboxylic acids is 1. The van der Waals surface area contributed by atoms with E-state index in [-0.39, 0.29) is 23.2 Å². The highest BCUT2D eigenvalue weighted by atomic mass is 19.4. The van der Waals surface area contributed by atoms with Crippen molar-refractivity contribution in [3.63, 3.8) is 0 Å². The van der Waals surface area contributed by atoms with Gasteiger partial charge in [0.15, 0.2) is 0 Å². The van der Waals surface area contributed by atoms with Crippen LogP contribution in [0, 0.1) is 0 Å². The third kappa shape index (κ3) is 3.28.